The minimum absolute atomic E-state index is 0.0420. The summed E-state index contributed by atoms with van der Waals surface area (Å²) in [6, 6.07) is 22.7. The molecule has 3 aromatic carbocycles. The molecular weight excluding hydrogens is 354 g/mol. The summed E-state index contributed by atoms with van der Waals surface area (Å²) in [5.74, 6) is 0.457. The van der Waals surface area contributed by atoms with E-state index in [0.29, 0.717) is 18.9 Å². The smallest absolute Gasteiger partial charge is 0.230 e. The topological polar surface area (TPSA) is 38.3 Å². The number of ether oxygens (including phenoxy) is 1. The summed E-state index contributed by atoms with van der Waals surface area (Å²) < 4.78 is 5.59. The van der Waals surface area contributed by atoms with E-state index in [1.165, 1.54) is 10.8 Å². The monoisotopic (exact) mass is 379 g/mol. The molecule has 3 rings (SSSR count). The van der Waals surface area contributed by atoms with E-state index in [1.807, 2.05) is 50.2 Å². The molecule has 0 unspecified atom stereocenters. The van der Waals surface area contributed by atoms with Gasteiger partial charge in [-0.15, -0.1) is 11.8 Å². The van der Waals surface area contributed by atoms with Crippen molar-refractivity contribution in [2.75, 3.05) is 5.75 Å². The van der Waals surface area contributed by atoms with Gasteiger partial charge in [0.2, 0.25) is 5.91 Å². The van der Waals surface area contributed by atoms with Gasteiger partial charge in [0.15, 0.2) is 0 Å². The first kappa shape index (κ1) is 19.5. The quantitative estimate of drug-likeness (QED) is 0.549. The van der Waals surface area contributed by atoms with Crippen LogP contribution >= 0.6 is 11.8 Å². The third kappa shape index (κ3) is 6.12. The molecule has 0 aromatic heterocycles. The van der Waals surface area contributed by atoms with Crippen LogP contribution in [0.1, 0.15) is 25.0 Å². The summed E-state index contributed by atoms with van der Waals surface area (Å²) in [4.78, 5) is 13.3. The van der Waals surface area contributed by atoms with Crippen LogP contribution in [-0.4, -0.2) is 17.8 Å². The second kappa shape index (κ2) is 9.58. The third-order valence-electron chi connectivity index (χ3n) is 4.19. The van der Waals surface area contributed by atoms with Crippen molar-refractivity contribution in [3.05, 3.63) is 77.9 Å². The van der Waals surface area contributed by atoms with Gasteiger partial charge in [-0.3, -0.25) is 4.79 Å². The molecule has 0 atom stereocenters. The van der Waals surface area contributed by atoms with Gasteiger partial charge in [-0.2, -0.15) is 0 Å². The minimum Gasteiger partial charge on any atom is -0.374 e. The van der Waals surface area contributed by atoms with E-state index < -0.39 is 0 Å². The Kier molecular flexibility index (Phi) is 6.91. The van der Waals surface area contributed by atoms with Crippen LogP contribution in [-0.2, 0) is 22.7 Å². The van der Waals surface area contributed by atoms with Crippen molar-refractivity contribution in [2.24, 2.45) is 0 Å². The maximum atomic E-state index is 12.1. The van der Waals surface area contributed by atoms with E-state index in [-0.39, 0.29) is 12.0 Å². The molecule has 0 spiro atoms. The Morgan fingerprint density at radius 3 is 2.41 bits per heavy atom. The van der Waals surface area contributed by atoms with Gasteiger partial charge in [0, 0.05) is 11.4 Å². The fourth-order valence-electron chi connectivity index (χ4n) is 2.67. The SMILES string of the molecule is CC(C)OCc1ccc(CNC(=O)CSc2ccc3ccccc3c2)cc1. The summed E-state index contributed by atoms with van der Waals surface area (Å²) in [6.07, 6.45) is 0.226. The lowest BCUT2D eigenvalue weighted by Gasteiger charge is -2.09. The van der Waals surface area contributed by atoms with Gasteiger partial charge in [-0.1, -0.05) is 54.6 Å². The van der Waals surface area contributed by atoms with Crippen molar-refractivity contribution >= 4 is 28.4 Å². The molecule has 0 aliphatic carbocycles. The van der Waals surface area contributed by atoms with Gasteiger partial charge in [-0.25, -0.2) is 0 Å². The zero-order valence-electron chi connectivity index (χ0n) is 15.8. The predicted octanol–water partition coefficient (Wildman–Crippen LogP) is 5.17. The highest BCUT2D eigenvalue weighted by Gasteiger charge is 2.04. The lowest BCUT2D eigenvalue weighted by molar-refractivity contribution is -0.118. The first-order valence-electron chi connectivity index (χ1n) is 9.18. The van der Waals surface area contributed by atoms with Crippen molar-refractivity contribution in [2.45, 2.75) is 38.0 Å². The molecule has 0 saturated carbocycles. The summed E-state index contributed by atoms with van der Waals surface area (Å²) in [6.45, 7) is 5.22. The Labute approximate surface area is 165 Å². The molecule has 1 amide bonds. The van der Waals surface area contributed by atoms with E-state index in [0.717, 1.165) is 16.0 Å². The van der Waals surface area contributed by atoms with Gasteiger partial charge >= 0.3 is 0 Å². The maximum Gasteiger partial charge on any atom is 0.230 e. The summed E-state index contributed by atoms with van der Waals surface area (Å²) in [5.41, 5.74) is 2.23. The van der Waals surface area contributed by atoms with Gasteiger partial charge in [0.1, 0.15) is 0 Å². The molecule has 3 nitrogen and oxygen atoms in total. The van der Waals surface area contributed by atoms with Crippen LogP contribution in [0.25, 0.3) is 10.8 Å². The Balaban J connectivity index is 1.45. The maximum absolute atomic E-state index is 12.1. The Hall–Kier alpha value is -2.30. The zero-order chi connectivity index (χ0) is 19.1. The van der Waals surface area contributed by atoms with Gasteiger partial charge < -0.3 is 10.1 Å². The van der Waals surface area contributed by atoms with Crippen molar-refractivity contribution in [3.8, 4) is 0 Å². The average molecular weight is 380 g/mol. The van der Waals surface area contributed by atoms with Crippen LogP contribution in [0, 0.1) is 0 Å². The number of benzene rings is 3. The summed E-state index contributed by atoms with van der Waals surface area (Å²) in [7, 11) is 0. The second-order valence-electron chi connectivity index (χ2n) is 6.75. The Morgan fingerprint density at radius 2 is 1.67 bits per heavy atom. The number of fused-ring (bicyclic) bond motifs is 1. The van der Waals surface area contributed by atoms with Crippen LogP contribution in [0.3, 0.4) is 0 Å². The first-order chi connectivity index (χ1) is 13.1. The molecule has 0 saturated heterocycles. The average Bonchev–Trinajstić information content (AvgIpc) is 2.69. The van der Waals surface area contributed by atoms with Crippen molar-refractivity contribution < 1.29 is 9.53 Å². The zero-order valence-corrected chi connectivity index (χ0v) is 16.6. The Bertz CT molecular complexity index is 890. The molecule has 0 fully saturated rings. The number of thioether (sulfide) groups is 1. The molecule has 3 aromatic rings. The minimum atomic E-state index is 0.0420. The van der Waals surface area contributed by atoms with Crippen LogP contribution in [0.4, 0.5) is 0 Å². The van der Waals surface area contributed by atoms with E-state index in [1.54, 1.807) is 11.8 Å². The molecule has 0 heterocycles. The number of hydrogen-bond donors (Lipinski definition) is 1. The normalized spacial score (nSPS) is 11.1. The summed E-state index contributed by atoms with van der Waals surface area (Å²) >= 11 is 1.56. The standard InChI is InChI=1S/C23H25NO2S/c1-17(2)26-15-19-9-7-18(8-10-19)14-24-23(25)16-27-22-12-11-20-5-3-4-6-21(20)13-22/h3-13,17H,14-16H2,1-2H3,(H,24,25). The molecule has 0 radical (unpaired) electrons. The number of rotatable bonds is 8. The second-order valence-corrected chi connectivity index (χ2v) is 7.80. The first-order valence-corrected chi connectivity index (χ1v) is 10.2. The third-order valence-corrected chi connectivity index (χ3v) is 5.18. The van der Waals surface area contributed by atoms with E-state index in [2.05, 4.69) is 35.6 Å². The molecule has 0 bridgehead atoms. The van der Waals surface area contributed by atoms with Crippen LogP contribution in [0.15, 0.2) is 71.6 Å². The van der Waals surface area contributed by atoms with Crippen LogP contribution in [0.5, 0.6) is 0 Å². The molecular formula is C23H25NO2S. The highest BCUT2D eigenvalue weighted by molar-refractivity contribution is 8.00. The molecule has 0 aliphatic rings. The molecule has 140 valence electrons. The van der Waals surface area contributed by atoms with E-state index in [9.17, 15) is 4.79 Å². The fraction of sp³-hybridized carbons (Fsp3) is 0.261. The highest BCUT2D eigenvalue weighted by atomic mass is 32.2. The molecule has 1 N–H and O–H groups in total. The molecule has 4 heteroatoms. The fourth-order valence-corrected chi connectivity index (χ4v) is 3.45. The lowest BCUT2D eigenvalue weighted by atomic mass is 10.1. The summed E-state index contributed by atoms with van der Waals surface area (Å²) in [5, 5.41) is 5.40. The van der Waals surface area contributed by atoms with Gasteiger partial charge in [0.05, 0.1) is 18.5 Å². The molecule has 0 aliphatic heterocycles. The lowest BCUT2D eigenvalue weighted by Crippen LogP contribution is -2.24. The molecule has 27 heavy (non-hydrogen) atoms. The number of carbonyl (C=O) groups excluding carboxylic acids is 1. The van der Waals surface area contributed by atoms with Crippen LogP contribution < -0.4 is 5.32 Å². The number of amides is 1. The van der Waals surface area contributed by atoms with Crippen molar-refractivity contribution in [1.82, 2.24) is 5.32 Å². The van der Waals surface area contributed by atoms with Crippen molar-refractivity contribution in [3.63, 3.8) is 0 Å². The predicted molar refractivity (Wildman–Crippen MR) is 113 cm³/mol. The highest BCUT2D eigenvalue weighted by Crippen LogP contribution is 2.23. The van der Waals surface area contributed by atoms with Gasteiger partial charge in [0.25, 0.3) is 0 Å². The van der Waals surface area contributed by atoms with E-state index in [4.69, 9.17) is 4.74 Å². The largest absolute Gasteiger partial charge is 0.374 e. The number of hydrogen-bond acceptors (Lipinski definition) is 3. The van der Waals surface area contributed by atoms with Crippen LogP contribution in [0.2, 0.25) is 0 Å². The van der Waals surface area contributed by atoms with Gasteiger partial charge in [-0.05, 0) is 47.9 Å². The van der Waals surface area contributed by atoms with Crippen molar-refractivity contribution in [1.29, 1.82) is 0 Å². The number of carbonyl (C=O) groups is 1. The Morgan fingerprint density at radius 1 is 0.963 bits per heavy atom. The van der Waals surface area contributed by atoms with E-state index >= 15 is 0 Å². The number of nitrogens with one attached hydrogen (secondary N) is 1.